The molecule has 1 amide bonds. The third kappa shape index (κ3) is 5.30. The molecule has 1 fully saturated rings. The number of primary amides is 1. The number of aryl methyl sites for hydroxylation is 1. The Labute approximate surface area is 192 Å². The minimum Gasteiger partial charge on any atom is -0.381 e. The van der Waals surface area contributed by atoms with E-state index in [-0.39, 0.29) is 11.4 Å². The highest BCUT2D eigenvalue weighted by atomic mass is 16.5. The van der Waals surface area contributed by atoms with E-state index >= 15 is 0 Å². The first-order valence-corrected chi connectivity index (χ1v) is 11.1. The van der Waals surface area contributed by atoms with Crippen molar-refractivity contribution in [1.82, 2.24) is 14.9 Å². The zero-order chi connectivity index (χ0) is 23.4. The third-order valence-corrected chi connectivity index (χ3v) is 5.98. The van der Waals surface area contributed by atoms with Gasteiger partial charge in [-0.05, 0) is 49.1 Å². The number of ether oxygens (including phenoxy) is 1. The van der Waals surface area contributed by atoms with E-state index in [9.17, 15) is 9.59 Å². The van der Waals surface area contributed by atoms with Crippen molar-refractivity contribution in [2.45, 2.75) is 32.4 Å². The molecule has 1 aliphatic rings. The lowest BCUT2D eigenvalue weighted by Crippen LogP contribution is -2.34. The lowest BCUT2D eigenvalue weighted by atomic mass is 10.00. The molecule has 1 aromatic heterocycles. The number of nitrogens with zero attached hydrogens (tertiary/aromatic N) is 2. The van der Waals surface area contributed by atoms with Crippen LogP contribution in [0.15, 0.2) is 53.5 Å². The maximum absolute atomic E-state index is 12.7. The number of carbonyl (C=O) groups excluding carboxylic acids is 1. The minimum atomic E-state index is -0.496. The average molecular weight is 448 g/mol. The molecule has 3 aromatic rings. The smallest absolute Gasteiger partial charge is 0.293 e. The highest BCUT2D eigenvalue weighted by molar-refractivity contribution is 5.96. The van der Waals surface area contributed by atoms with E-state index < -0.39 is 5.91 Å². The Kier molecular flexibility index (Phi) is 6.86. The van der Waals surface area contributed by atoms with Crippen molar-refractivity contribution in [3.8, 4) is 11.3 Å². The zero-order valence-electron chi connectivity index (χ0n) is 18.9. The van der Waals surface area contributed by atoms with Gasteiger partial charge in [0.1, 0.15) is 0 Å². The van der Waals surface area contributed by atoms with E-state index in [1.807, 2.05) is 37.3 Å². The predicted octanol–water partition coefficient (Wildman–Crippen LogP) is 2.87. The molecule has 0 saturated carbocycles. The van der Waals surface area contributed by atoms with Crippen molar-refractivity contribution < 1.29 is 9.53 Å². The highest BCUT2D eigenvalue weighted by Crippen LogP contribution is 2.25. The first-order chi connectivity index (χ1) is 15.9. The summed E-state index contributed by atoms with van der Waals surface area (Å²) >= 11 is 0. The summed E-state index contributed by atoms with van der Waals surface area (Å²) in [5.74, 6) is -0.282. The second-order valence-corrected chi connectivity index (χ2v) is 8.32. The fourth-order valence-electron chi connectivity index (χ4n) is 4.00. The van der Waals surface area contributed by atoms with Crippen LogP contribution < -0.4 is 21.9 Å². The molecule has 172 valence electrons. The van der Waals surface area contributed by atoms with Crippen molar-refractivity contribution in [3.63, 3.8) is 0 Å². The maximum Gasteiger partial charge on any atom is 0.293 e. The monoisotopic (exact) mass is 447 g/mol. The molecule has 2 aromatic carbocycles. The number of hydrogen-bond acceptors (Lipinski definition) is 6. The topological polar surface area (TPSA) is 111 Å². The molecule has 0 radical (unpaired) electrons. The molecule has 0 bridgehead atoms. The summed E-state index contributed by atoms with van der Waals surface area (Å²) in [6.45, 7) is 4.24. The maximum atomic E-state index is 12.7. The SMILES string of the molecule is Cc1c(C(N)=O)cccc1-c1cn(C)c(=O)c(Nc2ccc(CNC3CCOCC3)cc2)n1. The average Bonchev–Trinajstić information content (AvgIpc) is 2.82. The number of carbonyl (C=O) groups is 1. The van der Waals surface area contributed by atoms with Gasteiger partial charge in [-0.1, -0.05) is 24.3 Å². The van der Waals surface area contributed by atoms with Crippen molar-refractivity contribution in [1.29, 1.82) is 0 Å². The van der Waals surface area contributed by atoms with Crippen LogP contribution in [0.3, 0.4) is 0 Å². The largest absolute Gasteiger partial charge is 0.381 e. The Balaban J connectivity index is 1.53. The Morgan fingerprint density at radius 2 is 1.91 bits per heavy atom. The summed E-state index contributed by atoms with van der Waals surface area (Å²) < 4.78 is 6.88. The van der Waals surface area contributed by atoms with Crippen LogP contribution in [0.4, 0.5) is 11.5 Å². The fraction of sp³-hybridized carbons (Fsp3) is 0.320. The van der Waals surface area contributed by atoms with Gasteiger partial charge in [-0.25, -0.2) is 4.98 Å². The quantitative estimate of drug-likeness (QED) is 0.514. The zero-order valence-corrected chi connectivity index (χ0v) is 18.9. The molecule has 8 heteroatoms. The summed E-state index contributed by atoms with van der Waals surface area (Å²) in [5, 5.41) is 6.71. The second kappa shape index (κ2) is 9.97. The van der Waals surface area contributed by atoms with Crippen LogP contribution in [-0.4, -0.2) is 34.7 Å². The summed E-state index contributed by atoms with van der Waals surface area (Å²) in [5.41, 5.74) is 9.67. The van der Waals surface area contributed by atoms with Gasteiger partial charge in [0.2, 0.25) is 5.91 Å². The molecular formula is C25H29N5O3. The molecule has 33 heavy (non-hydrogen) atoms. The lowest BCUT2D eigenvalue weighted by Gasteiger charge is -2.23. The Hall–Kier alpha value is -3.49. The van der Waals surface area contributed by atoms with E-state index in [2.05, 4.69) is 15.6 Å². The molecular weight excluding hydrogens is 418 g/mol. The first kappa shape index (κ1) is 22.7. The summed E-state index contributed by atoms with van der Waals surface area (Å²) in [6, 6.07) is 13.7. The number of aromatic nitrogens is 2. The molecule has 2 heterocycles. The van der Waals surface area contributed by atoms with Crippen LogP contribution in [-0.2, 0) is 18.3 Å². The molecule has 1 saturated heterocycles. The van der Waals surface area contributed by atoms with Gasteiger partial charge in [-0.3, -0.25) is 9.59 Å². The molecule has 1 aliphatic heterocycles. The van der Waals surface area contributed by atoms with Gasteiger partial charge >= 0.3 is 0 Å². The minimum absolute atomic E-state index is 0.215. The van der Waals surface area contributed by atoms with Crippen LogP contribution in [0.5, 0.6) is 0 Å². The van der Waals surface area contributed by atoms with Gasteiger partial charge < -0.3 is 25.7 Å². The summed E-state index contributed by atoms with van der Waals surface area (Å²) in [6.07, 6.45) is 3.73. The van der Waals surface area contributed by atoms with E-state index in [1.165, 1.54) is 10.1 Å². The number of benzene rings is 2. The molecule has 4 N–H and O–H groups in total. The van der Waals surface area contributed by atoms with Crippen LogP contribution in [0.1, 0.15) is 34.3 Å². The van der Waals surface area contributed by atoms with Gasteiger partial charge in [0, 0.05) is 55.9 Å². The van der Waals surface area contributed by atoms with Crippen molar-refractivity contribution in [3.05, 3.63) is 75.7 Å². The van der Waals surface area contributed by atoms with Crippen LogP contribution in [0, 0.1) is 6.92 Å². The Morgan fingerprint density at radius 1 is 1.18 bits per heavy atom. The molecule has 0 unspecified atom stereocenters. The van der Waals surface area contributed by atoms with Crippen LogP contribution in [0.25, 0.3) is 11.3 Å². The van der Waals surface area contributed by atoms with Crippen molar-refractivity contribution >= 4 is 17.4 Å². The standard InChI is InChI=1S/C25H29N5O3/c1-16-20(4-3-5-21(16)23(26)31)22-15-30(2)25(32)24(29-22)28-19-8-6-17(7-9-19)14-27-18-10-12-33-13-11-18/h3-9,15,18,27H,10-14H2,1-2H3,(H2,26,31)(H,28,29). The van der Waals surface area contributed by atoms with E-state index in [4.69, 9.17) is 10.5 Å². The molecule has 8 nitrogen and oxygen atoms in total. The molecule has 0 atom stereocenters. The third-order valence-electron chi connectivity index (χ3n) is 5.98. The van der Waals surface area contributed by atoms with Gasteiger partial charge in [-0.2, -0.15) is 0 Å². The summed E-state index contributed by atoms with van der Waals surface area (Å²) in [7, 11) is 1.68. The number of rotatable bonds is 7. The predicted molar refractivity (Wildman–Crippen MR) is 129 cm³/mol. The van der Waals surface area contributed by atoms with Crippen LogP contribution in [0.2, 0.25) is 0 Å². The number of nitrogens with one attached hydrogen (secondary N) is 2. The summed E-state index contributed by atoms with van der Waals surface area (Å²) in [4.78, 5) is 29.0. The van der Waals surface area contributed by atoms with Gasteiger partial charge in [0.05, 0.1) is 5.69 Å². The Morgan fingerprint density at radius 3 is 2.61 bits per heavy atom. The lowest BCUT2D eigenvalue weighted by molar-refractivity contribution is 0.0776. The molecule has 0 aliphatic carbocycles. The number of anilines is 2. The normalized spacial score (nSPS) is 14.2. The van der Waals surface area contributed by atoms with E-state index in [0.29, 0.717) is 17.3 Å². The number of nitrogens with two attached hydrogens (primary N) is 1. The number of amides is 1. The highest BCUT2D eigenvalue weighted by Gasteiger charge is 2.15. The van der Waals surface area contributed by atoms with E-state index in [0.717, 1.165) is 49.4 Å². The van der Waals surface area contributed by atoms with Crippen molar-refractivity contribution in [2.75, 3.05) is 18.5 Å². The Bertz CT molecular complexity index is 1200. The van der Waals surface area contributed by atoms with Gasteiger partial charge in [-0.15, -0.1) is 0 Å². The van der Waals surface area contributed by atoms with Gasteiger partial charge in [0.25, 0.3) is 5.56 Å². The molecule has 0 spiro atoms. The van der Waals surface area contributed by atoms with Crippen molar-refractivity contribution in [2.24, 2.45) is 12.8 Å². The molecule has 4 rings (SSSR count). The first-order valence-electron chi connectivity index (χ1n) is 11.1. The van der Waals surface area contributed by atoms with Gasteiger partial charge in [0.15, 0.2) is 5.82 Å². The van der Waals surface area contributed by atoms with Crippen LogP contribution >= 0.6 is 0 Å². The fourth-order valence-corrected chi connectivity index (χ4v) is 4.00. The number of hydrogen-bond donors (Lipinski definition) is 3. The van der Waals surface area contributed by atoms with E-state index in [1.54, 1.807) is 25.4 Å². The second-order valence-electron chi connectivity index (χ2n) is 8.32.